The molecular formula is C56H35N3O. The molecule has 0 saturated carbocycles. The Morgan fingerprint density at radius 1 is 0.350 bits per heavy atom. The van der Waals surface area contributed by atoms with Crippen LogP contribution in [0.1, 0.15) is 0 Å². The molecule has 280 valence electrons. The molecule has 9 aromatic carbocycles. The first-order valence-electron chi connectivity index (χ1n) is 20.3. The minimum atomic E-state index is 0.910. The zero-order valence-corrected chi connectivity index (χ0v) is 32.5. The number of hydrogen-bond acceptors (Lipinski definition) is 4. The van der Waals surface area contributed by atoms with Crippen molar-refractivity contribution in [3.63, 3.8) is 0 Å². The number of rotatable bonds is 7. The van der Waals surface area contributed by atoms with Crippen LogP contribution in [-0.2, 0) is 0 Å². The lowest BCUT2D eigenvalue weighted by molar-refractivity contribution is 0.670. The van der Waals surface area contributed by atoms with E-state index in [9.17, 15) is 0 Å². The summed E-state index contributed by atoms with van der Waals surface area (Å²) >= 11 is 0. The highest BCUT2D eigenvalue weighted by atomic mass is 16.3. The Kier molecular flexibility index (Phi) is 7.82. The molecule has 4 nitrogen and oxygen atoms in total. The highest BCUT2D eigenvalue weighted by Gasteiger charge is 2.20. The van der Waals surface area contributed by atoms with Crippen LogP contribution in [0.25, 0.3) is 98.8 Å². The van der Waals surface area contributed by atoms with Crippen molar-refractivity contribution in [2.45, 2.75) is 0 Å². The van der Waals surface area contributed by atoms with E-state index in [1.54, 1.807) is 0 Å². The summed E-state index contributed by atoms with van der Waals surface area (Å²) in [6.45, 7) is 0. The van der Waals surface area contributed by atoms with Crippen LogP contribution in [0.15, 0.2) is 217 Å². The first-order valence-corrected chi connectivity index (χ1v) is 20.3. The van der Waals surface area contributed by atoms with Gasteiger partial charge in [-0.3, -0.25) is 9.97 Å². The molecule has 0 saturated heterocycles. The number of hydrogen-bond donors (Lipinski definition) is 0. The minimum Gasteiger partial charge on any atom is -0.455 e. The van der Waals surface area contributed by atoms with Crippen LogP contribution in [0.5, 0.6) is 0 Å². The third kappa shape index (κ3) is 5.46. The van der Waals surface area contributed by atoms with E-state index in [1.165, 1.54) is 54.6 Å². The molecule has 60 heavy (non-hydrogen) atoms. The van der Waals surface area contributed by atoms with Crippen molar-refractivity contribution in [2.24, 2.45) is 0 Å². The highest BCUT2D eigenvalue weighted by molar-refractivity contribution is 6.30. The monoisotopic (exact) mass is 765 g/mol. The summed E-state index contributed by atoms with van der Waals surface area (Å²) in [6, 6.07) is 67.5. The quantitative estimate of drug-likeness (QED) is 0.152. The Hall–Kier alpha value is -8.08. The van der Waals surface area contributed by atoms with Crippen molar-refractivity contribution in [1.29, 1.82) is 0 Å². The number of pyridine rings is 2. The lowest BCUT2D eigenvalue weighted by Gasteiger charge is -2.25. The Bertz CT molecular complexity index is 3470. The molecule has 0 N–H and O–H groups in total. The van der Waals surface area contributed by atoms with Crippen molar-refractivity contribution in [3.05, 3.63) is 213 Å². The number of anilines is 3. The third-order valence-electron chi connectivity index (χ3n) is 12.0. The molecule has 0 spiro atoms. The SMILES string of the molecule is c1ccc(N(c2ccc(-c3cc(-c4ccncc4)c4ccc5c(-c6ccc(-c7cccc8c7oc7ccccc78)cc6)ccc6ccc3c4c65)cc2)c2cccnc2)cc1. The zero-order chi connectivity index (χ0) is 39.6. The molecule has 3 heterocycles. The van der Waals surface area contributed by atoms with Crippen molar-refractivity contribution >= 4 is 71.3 Å². The zero-order valence-electron chi connectivity index (χ0n) is 32.5. The van der Waals surface area contributed by atoms with Gasteiger partial charge >= 0.3 is 0 Å². The predicted molar refractivity (Wildman–Crippen MR) is 249 cm³/mol. The van der Waals surface area contributed by atoms with Crippen molar-refractivity contribution in [2.75, 3.05) is 4.90 Å². The molecule has 0 atom stereocenters. The lowest BCUT2D eigenvalue weighted by atomic mass is 9.84. The molecule has 12 aromatic rings. The van der Waals surface area contributed by atoms with Crippen LogP contribution >= 0.6 is 0 Å². The van der Waals surface area contributed by atoms with Gasteiger partial charge in [0.1, 0.15) is 11.2 Å². The maximum absolute atomic E-state index is 6.40. The van der Waals surface area contributed by atoms with Gasteiger partial charge in [0.05, 0.1) is 11.9 Å². The lowest BCUT2D eigenvalue weighted by Crippen LogP contribution is -2.09. The Morgan fingerprint density at radius 2 is 0.950 bits per heavy atom. The summed E-state index contributed by atoms with van der Waals surface area (Å²) in [5.74, 6) is 0. The molecule has 0 fully saturated rings. The van der Waals surface area contributed by atoms with E-state index in [0.29, 0.717) is 0 Å². The van der Waals surface area contributed by atoms with E-state index >= 15 is 0 Å². The Morgan fingerprint density at radius 3 is 1.72 bits per heavy atom. The first-order chi connectivity index (χ1) is 29.8. The van der Waals surface area contributed by atoms with Crippen molar-refractivity contribution in [3.8, 4) is 44.5 Å². The highest BCUT2D eigenvalue weighted by Crippen LogP contribution is 2.47. The molecule has 0 aliphatic carbocycles. The van der Waals surface area contributed by atoms with Gasteiger partial charge in [-0.25, -0.2) is 0 Å². The number of furan rings is 1. The van der Waals surface area contributed by atoms with Crippen molar-refractivity contribution < 1.29 is 4.42 Å². The minimum absolute atomic E-state index is 0.910. The Balaban J connectivity index is 1.01. The van der Waals surface area contributed by atoms with Crippen LogP contribution in [0, 0.1) is 0 Å². The van der Waals surface area contributed by atoms with Gasteiger partial charge < -0.3 is 9.32 Å². The number of nitrogens with zero attached hydrogens (tertiary/aromatic N) is 3. The first kappa shape index (κ1) is 34.0. The van der Waals surface area contributed by atoms with Gasteiger partial charge in [0.15, 0.2) is 0 Å². The van der Waals surface area contributed by atoms with Gasteiger partial charge in [-0.15, -0.1) is 0 Å². The molecule has 0 unspecified atom stereocenters. The number of para-hydroxylation sites is 3. The van der Waals surface area contributed by atoms with Gasteiger partial charge in [-0.1, -0.05) is 127 Å². The number of aromatic nitrogens is 2. The molecule has 0 aliphatic heterocycles. The molecule has 0 aliphatic rings. The summed E-state index contributed by atoms with van der Waals surface area (Å²) in [5, 5.41) is 9.75. The number of benzene rings is 9. The van der Waals surface area contributed by atoms with E-state index in [-0.39, 0.29) is 0 Å². The smallest absolute Gasteiger partial charge is 0.143 e. The molecule has 4 heteroatoms. The summed E-state index contributed by atoms with van der Waals surface area (Å²) < 4.78 is 6.40. The van der Waals surface area contributed by atoms with Crippen LogP contribution in [0.2, 0.25) is 0 Å². The van der Waals surface area contributed by atoms with Gasteiger partial charge in [0.2, 0.25) is 0 Å². The largest absolute Gasteiger partial charge is 0.455 e. The second kappa shape index (κ2) is 13.8. The normalized spacial score (nSPS) is 11.7. The summed E-state index contributed by atoms with van der Waals surface area (Å²) in [4.78, 5) is 11.1. The molecule has 3 aromatic heterocycles. The second-order valence-corrected chi connectivity index (χ2v) is 15.4. The van der Waals surface area contributed by atoms with Gasteiger partial charge in [-0.2, -0.15) is 0 Å². The van der Waals surface area contributed by atoms with Crippen LogP contribution < -0.4 is 4.90 Å². The Labute approximate surface area is 346 Å². The summed E-state index contributed by atoms with van der Waals surface area (Å²) in [5.41, 5.74) is 14.3. The fraction of sp³-hybridized carbons (Fsp3) is 0. The maximum Gasteiger partial charge on any atom is 0.143 e. The molecule has 0 bridgehead atoms. The second-order valence-electron chi connectivity index (χ2n) is 15.4. The fourth-order valence-electron chi connectivity index (χ4n) is 9.26. The molecule has 12 rings (SSSR count). The molecule has 0 radical (unpaired) electrons. The topological polar surface area (TPSA) is 42.2 Å². The van der Waals surface area contributed by atoms with Crippen LogP contribution in [0.3, 0.4) is 0 Å². The van der Waals surface area contributed by atoms with E-state index in [2.05, 4.69) is 179 Å². The maximum atomic E-state index is 6.40. The summed E-state index contributed by atoms with van der Waals surface area (Å²) in [7, 11) is 0. The molecular weight excluding hydrogens is 731 g/mol. The van der Waals surface area contributed by atoms with E-state index < -0.39 is 0 Å². The van der Waals surface area contributed by atoms with Gasteiger partial charge in [-0.05, 0) is 132 Å². The van der Waals surface area contributed by atoms with E-state index in [1.807, 2.05) is 49.1 Å². The predicted octanol–water partition coefficient (Wildman–Crippen LogP) is 15.4. The molecule has 0 amide bonds. The average Bonchev–Trinajstić information content (AvgIpc) is 3.71. The number of fused-ring (bicyclic) bond motifs is 3. The van der Waals surface area contributed by atoms with Gasteiger partial charge in [0.25, 0.3) is 0 Å². The summed E-state index contributed by atoms with van der Waals surface area (Å²) in [6.07, 6.45) is 7.49. The van der Waals surface area contributed by atoms with Crippen molar-refractivity contribution in [1.82, 2.24) is 9.97 Å². The van der Waals surface area contributed by atoms with Crippen LogP contribution in [0.4, 0.5) is 17.1 Å². The third-order valence-corrected chi connectivity index (χ3v) is 12.0. The fourth-order valence-corrected chi connectivity index (χ4v) is 9.26. The average molecular weight is 766 g/mol. The van der Waals surface area contributed by atoms with E-state index in [0.717, 1.165) is 61.3 Å². The van der Waals surface area contributed by atoms with Gasteiger partial charge in [0, 0.05) is 46.3 Å². The van der Waals surface area contributed by atoms with E-state index in [4.69, 9.17) is 4.42 Å². The standard InChI is InChI=1S/C56H35N3O/c1-2-8-41(9-3-1)59(43-10-7-31-58-35-43)42-23-19-38(20-24-42)51-34-52(39-29-32-57-33-30-39)49-28-27-47-44(25-21-40-22-26-48(51)55(49)54(40)47)36-15-17-37(18-16-36)45-12-6-13-50-46-11-4-5-14-53(46)60-56(45)50/h1-35H. The van der Waals surface area contributed by atoms with Crippen LogP contribution in [-0.4, -0.2) is 9.97 Å².